The molecule has 0 aliphatic carbocycles. The van der Waals surface area contributed by atoms with E-state index in [1.54, 1.807) is 14.2 Å². The number of hydrogen-bond donors (Lipinski definition) is 0. The van der Waals surface area contributed by atoms with Crippen molar-refractivity contribution in [2.75, 3.05) is 14.2 Å². The molecule has 0 bridgehead atoms. The zero-order valence-electron chi connectivity index (χ0n) is 18.2. The van der Waals surface area contributed by atoms with Crippen LogP contribution in [0.25, 0.3) is 0 Å². The SMILES string of the molecule is CC[C@@H](C)N(Cc1csc(COc2c(OC)cccc2OC)n1)C(=O)CC(C)C. The van der Waals surface area contributed by atoms with Gasteiger partial charge in [-0.1, -0.05) is 26.8 Å². The van der Waals surface area contributed by atoms with Gasteiger partial charge in [-0.05, 0) is 31.4 Å². The summed E-state index contributed by atoms with van der Waals surface area (Å²) < 4.78 is 16.7. The monoisotopic (exact) mass is 420 g/mol. The van der Waals surface area contributed by atoms with Crippen LogP contribution in [-0.4, -0.2) is 36.1 Å². The van der Waals surface area contributed by atoms with Gasteiger partial charge in [-0.2, -0.15) is 0 Å². The van der Waals surface area contributed by atoms with Crippen LogP contribution in [0.2, 0.25) is 0 Å². The first-order valence-electron chi connectivity index (χ1n) is 9.96. The maximum atomic E-state index is 12.7. The van der Waals surface area contributed by atoms with E-state index in [1.807, 2.05) is 28.5 Å². The normalized spacial score (nSPS) is 12.0. The largest absolute Gasteiger partial charge is 0.493 e. The molecular formula is C22H32N2O4S. The van der Waals surface area contributed by atoms with Crippen LogP contribution in [0.4, 0.5) is 0 Å². The van der Waals surface area contributed by atoms with E-state index in [0.717, 1.165) is 17.1 Å². The molecule has 0 aliphatic rings. The van der Waals surface area contributed by atoms with Gasteiger partial charge in [0, 0.05) is 17.8 Å². The van der Waals surface area contributed by atoms with Gasteiger partial charge in [-0.15, -0.1) is 11.3 Å². The standard InChI is InChI=1S/C22H32N2O4S/c1-7-16(4)24(21(25)11-15(2)3)12-17-14-29-20(23-17)13-28-22-18(26-5)9-8-10-19(22)27-6/h8-10,14-16H,7,11-13H2,1-6H3/t16-/m1/s1. The molecule has 0 fully saturated rings. The number of aromatic nitrogens is 1. The molecule has 0 saturated heterocycles. The van der Waals surface area contributed by atoms with Crippen molar-refractivity contribution in [3.05, 3.63) is 34.3 Å². The first-order chi connectivity index (χ1) is 13.9. The summed E-state index contributed by atoms with van der Waals surface area (Å²) in [5.41, 5.74) is 0.887. The summed E-state index contributed by atoms with van der Waals surface area (Å²) in [4.78, 5) is 19.3. The second kappa shape index (κ2) is 11.0. The van der Waals surface area contributed by atoms with Crippen LogP contribution in [0.5, 0.6) is 17.2 Å². The summed E-state index contributed by atoms with van der Waals surface area (Å²) in [6, 6.07) is 5.69. The van der Waals surface area contributed by atoms with Crippen molar-refractivity contribution in [2.24, 2.45) is 5.92 Å². The van der Waals surface area contributed by atoms with E-state index in [4.69, 9.17) is 14.2 Å². The van der Waals surface area contributed by atoms with E-state index in [0.29, 0.717) is 42.7 Å². The van der Waals surface area contributed by atoms with Crippen molar-refractivity contribution >= 4 is 17.2 Å². The highest BCUT2D eigenvalue weighted by Crippen LogP contribution is 2.37. The number of amides is 1. The number of thiazole rings is 1. The molecule has 1 amide bonds. The van der Waals surface area contributed by atoms with Crippen molar-refractivity contribution in [1.82, 2.24) is 9.88 Å². The fourth-order valence-corrected chi connectivity index (χ4v) is 3.63. The Hall–Kier alpha value is -2.28. The molecule has 0 saturated carbocycles. The summed E-state index contributed by atoms with van der Waals surface area (Å²) in [6.45, 7) is 9.15. The van der Waals surface area contributed by atoms with Crippen LogP contribution in [-0.2, 0) is 17.9 Å². The van der Waals surface area contributed by atoms with Crippen molar-refractivity contribution in [3.63, 3.8) is 0 Å². The molecule has 1 aromatic carbocycles. The highest BCUT2D eigenvalue weighted by molar-refractivity contribution is 7.09. The summed E-state index contributed by atoms with van der Waals surface area (Å²) >= 11 is 1.53. The Balaban J connectivity index is 2.07. The molecule has 0 N–H and O–H groups in total. The topological polar surface area (TPSA) is 60.9 Å². The van der Waals surface area contributed by atoms with Crippen LogP contribution in [0.1, 0.15) is 51.2 Å². The molecule has 2 aromatic rings. The number of hydrogen-bond acceptors (Lipinski definition) is 6. The number of para-hydroxylation sites is 1. The lowest BCUT2D eigenvalue weighted by Gasteiger charge is -2.28. The van der Waals surface area contributed by atoms with Crippen molar-refractivity contribution in [2.45, 2.75) is 59.7 Å². The molecule has 0 radical (unpaired) electrons. The van der Waals surface area contributed by atoms with Crippen LogP contribution in [0.3, 0.4) is 0 Å². The highest BCUT2D eigenvalue weighted by Gasteiger charge is 2.21. The maximum Gasteiger partial charge on any atom is 0.223 e. The maximum absolute atomic E-state index is 12.7. The number of ether oxygens (including phenoxy) is 3. The van der Waals surface area contributed by atoms with Crippen LogP contribution < -0.4 is 14.2 Å². The van der Waals surface area contributed by atoms with Gasteiger partial charge in [0.2, 0.25) is 11.7 Å². The van der Waals surface area contributed by atoms with Gasteiger partial charge in [0.1, 0.15) is 11.6 Å². The third-order valence-electron chi connectivity index (χ3n) is 4.68. The smallest absolute Gasteiger partial charge is 0.223 e. The van der Waals surface area contributed by atoms with E-state index < -0.39 is 0 Å². The molecule has 0 spiro atoms. The number of rotatable bonds is 11. The second-order valence-electron chi connectivity index (χ2n) is 7.39. The average molecular weight is 421 g/mol. The van der Waals surface area contributed by atoms with Gasteiger partial charge in [0.25, 0.3) is 0 Å². The van der Waals surface area contributed by atoms with E-state index in [2.05, 4.69) is 32.7 Å². The molecule has 7 heteroatoms. The summed E-state index contributed by atoms with van der Waals surface area (Å²) in [5, 5.41) is 2.84. The van der Waals surface area contributed by atoms with Gasteiger partial charge in [0.15, 0.2) is 11.5 Å². The molecule has 1 aromatic heterocycles. The lowest BCUT2D eigenvalue weighted by Crippen LogP contribution is -2.38. The van der Waals surface area contributed by atoms with Crippen LogP contribution >= 0.6 is 11.3 Å². The average Bonchev–Trinajstić information content (AvgIpc) is 3.16. The molecule has 6 nitrogen and oxygen atoms in total. The van der Waals surface area contributed by atoms with Gasteiger partial charge in [-0.3, -0.25) is 4.79 Å². The number of carbonyl (C=O) groups is 1. The number of benzene rings is 1. The minimum absolute atomic E-state index is 0.180. The third-order valence-corrected chi connectivity index (χ3v) is 5.55. The third kappa shape index (κ3) is 6.35. The minimum atomic E-state index is 0.180. The first-order valence-corrected chi connectivity index (χ1v) is 10.8. The number of carbonyl (C=O) groups excluding carboxylic acids is 1. The summed E-state index contributed by atoms with van der Waals surface area (Å²) in [7, 11) is 3.20. The molecule has 0 aliphatic heterocycles. The zero-order chi connectivity index (χ0) is 21.4. The van der Waals surface area contributed by atoms with E-state index >= 15 is 0 Å². The molecule has 2 rings (SSSR count). The Morgan fingerprint density at radius 1 is 1.17 bits per heavy atom. The van der Waals surface area contributed by atoms with Crippen LogP contribution in [0.15, 0.2) is 23.6 Å². The predicted octanol–water partition coefficient (Wildman–Crippen LogP) is 4.91. The lowest BCUT2D eigenvalue weighted by atomic mass is 10.1. The summed E-state index contributed by atoms with van der Waals surface area (Å²) in [6.07, 6.45) is 1.47. The second-order valence-corrected chi connectivity index (χ2v) is 8.33. The van der Waals surface area contributed by atoms with Gasteiger partial charge >= 0.3 is 0 Å². The van der Waals surface area contributed by atoms with E-state index in [1.165, 1.54) is 11.3 Å². The first kappa shape index (κ1) is 23.0. The van der Waals surface area contributed by atoms with Crippen LogP contribution in [0, 0.1) is 5.92 Å². The molecule has 0 unspecified atom stereocenters. The van der Waals surface area contributed by atoms with Gasteiger partial charge < -0.3 is 19.1 Å². The molecule has 160 valence electrons. The Bertz CT molecular complexity index is 769. The summed E-state index contributed by atoms with van der Waals surface area (Å²) in [5.74, 6) is 2.30. The highest BCUT2D eigenvalue weighted by atomic mass is 32.1. The van der Waals surface area contributed by atoms with E-state index in [-0.39, 0.29) is 11.9 Å². The number of nitrogens with zero attached hydrogens (tertiary/aromatic N) is 2. The van der Waals surface area contributed by atoms with Crippen molar-refractivity contribution < 1.29 is 19.0 Å². The van der Waals surface area contributed by atoms with Crippen molar-refractivity contribution in [3.8, 4) is 17.2 Å². The Morgan fingerprint density at radius 3 is 2.38 bits per heavy atom. The predicted molar refractivity (Wildman–Crippen MR) is 116 cm³/mol. The number of methoxy groups -OCH3 is 2. The van der Waals surface area contributed by atoms with Gasteiger partial charge in [0.05, 0.1) is 26.5 Å². The molecular weight excluding hydrogens is 388 g/mol. The van der Waals surface area contributed by atoms with Gasteiger partial charge in [-0.25, -0.2) is 4.98 Å². The van der Waals surface area contributed by atoms with E-state index in [9.17, 15) is 4.79 Å². The molecule has 29 heavy (non-hydrogen) atoms. The zero-order valence-corrected chi connectivity index (χ0v) is 19.0. The Kier molecular flexibility index (Phi) is 8.76. The fourth-order valence-electron chi connectivity index (χ4n) is 2.93. The molecule has 1 atom stereocenters. The Morgan fingerprint density at radius 2 is 1.83 bits per heavy atom. The fraction of sp³-hybridized carbons (Fsp3) is 0.545. The molecule has 1 heterocycles. The van der Waals surface area contributed by atoms with Crippen molar-refractivity contribution in [1.29, 1.82) is 0 Å². The lowest BCUT2D eigenvalue weighted by molar-refractivity contribution is -0.134. The Labute approximate surface area is 177 Å². The quantitative estimate of drug-likeness (QED) is 0.517. The minimum Gasteiger partial charge on any atom is -0.493 e.